The van der Waals surface area contributed by atoms with E-state index in [2.05, 4.69) is 5.32 Å². The minimum Gasteiger partial charge on any atom is -0.489 e. The van der Waals surface area contributed by atoms with Crippen LogP contribution in [0.5, 0.6) is 5.75 Å². The number of nitrogens with two attached hydrogens (primary N) is 1. The van der Waals surface area contributed by atoms with Crippen LogP contribution in [0.3, 0.4) is 0 Å². The van der Waals surface area contributed by atoms with Gasteiger partial charge in [-0.3, -0.25) is 4.79 Å². The molecule has 0 saturated carbocycles. The predicted molar refractivity (Wildman–Crippen MR) is 80.9 cm³/mol. The molecule has 0 bridgehead atoms. The van der Waals surface area contributed by atoms with Crippen LogP contribution in [0.4, 0.5) is 11.4 Å². The Kier molecular flexibility index (Phi) is 4.48. The van der Waals surface area contributed by atoms with Gasteiger partial charge in [0.1, 0.15) is 12.4 Å². The van der Waals surface area contributed by atoms with E-state index >= 15 is 0 Å². The summed E-state index contributed by atoms with van der Waals surface area (Å²) in [6.07, 6.45) is 0. The Hall–Kier alpha value is -2.20. The van der Waals surface area contributed by atoms with E-state index in [9.17, 15) is 4.79 Å². The number of nitrogen functional groups attached to an aromatic ring is 1. The largest absolute Gasteiger partial charge is 0.489 e. The third-order valence-corrected chi connectivity index (χ3v) is 2.79. The first-order valence-corrected chi connectivity index (χ1v) is 6.46. The minimum atomic E-state index is -0.0941. The normalized spacial score (nSPS) is 10.1. The van der Waals surface area contributed by atoms with E-state index in [0.29, 0.717) is 23.1 Å². The van der Waals surface area contributed by atoms with Crippen LogP contribution in [0.15, 0.2) is 42.5 Å². The molecule has 0 saturated heterocycles. The average molecular weight is 291 g/mol. The number of rotatable bonds is 4. The fourth-order valence-corrected chi connectivity index (χ4v) is 1.96. The molecule has 0 aliphatic rings. The summed E-state index contributed by atoms with van der Waals surface area (Å²) >= 11 is 5.90. The second-order valence-electron chi connectivity index (χ2n) is 4.39. The fourth-order valence-electron chi connectivity index (χ4n) is 1.72. The van der Waals surface area contributed by atoms with Crippen LogP contribution in [0.1, 0.15) is 12.5 Å². The number of halogens is 1. The first-order chi connectivity index (χ1) is 9.52. The lowest BCUT2D eigenvalue weighted by molar-refractivity contribution is -0.114. The predicted octanol–water partition coefficient (Wildman–Crippen LogP) is 3.46. The van der Waals surface area contributed by atoms with Crippen LogP contribution in [0.25, 0.3) is 0 Å². The zero-order chi connectivity index (χ0) is 14.5. The highest BCUT2D eigenvalue weighted by Crippen LogP contribution is 2.23. The zero-order valence-electron chi connectivity index (χ0n) is 11.0. The Bertz CT molecular complexity index is 592. The van der Waals surface area contributed by atoms with E-state index in [0.717, 1.165) is 11.3 Å². The van der Waals surface area contributed by atoms with Crippen molar-refractivity contribution in [2.24, 2.45) is 0 Å². The highest BCUT2D eigenvalue weighted by atomic mass is 35.5. The topological polar surface area (TPSA) is 64.3 Å². The van der Waals surface area contributed by atoms with Crippen LogP contribution in [-0.2, 0) is 11.4 Å². The number of benzene rings is 2. The summed E-state index contributed by atoms with van der Waals surface area (Å²) < 4.78 is 5.62. The summed E-state index contributed by atoms with van der Waals surface area (Å²) in [4.78, 5) is 10.9. The number of carbonyl (C=O) groups excluding carboxylic acids is 1. The molecule has 3 N–H and O–H groups in total. The minimum absolute atomic E-state index is 0.0941. The Labute approximate surface area is 122 Å². The molecular weight excluding hydrogens is 276 g/mol. The van der Waals surface area contributed by atoms with Gasteiger partial charge < -0.3 is 15.8 Å². The molecule has 1 amide bonds. The van der Waals surface area contributed by atoms with Crippen molar-refractivity contribution in [1.29, 1.82) is 0 Å². The zero-order valence-corrected chi connectivity index (χ0v) is 11.8. The molecule has 0 atom stereocenters. The molecule has 104 valence electrons. The summed E-state index contributed by atoms with van der Waals surface area (Å²) in [7, 11) is 0. The van der Waals surface area contributed by atoms with Crippen molar-refractivity contribution in [2.45, 2.75) is 13.5 Å². The molecule has 4 nitrogen and oxygen atoms in total. The van der Waals surface area contributed by atoms with Gasteiger partial charge in [-0.25, -0.2) is 0 Å². The van der Waals surface area contributed by atoms with E-state index in [1.54, 1.807) is 18.2 Å². The smallest absolute Gasteiger partial charge is 0.221 e. The highest BCUT2D eigenvalue weighted by molar-refractivity contribution is 6.31. The van der Waals surface area contributed by atoms with Gasteiger partial charge >= 0.3 is 0 Å². The first-order valence-electron chi connectivity index (χ1n) is 6.08. The maximum atomic E-state index is 10.9. The van der Waals surface area contributed by atoms with Crippen LogP contribution in [0, 0.1) is 0 Å². The molecule has 0 fully saturated rings. The van der Waals surface area contributed by atoms with Crippen LogP contribution >= 0.6 is 11.6 Å². The number of amides is 1. The molecule has 2 aromatic rings. The van der Waals surface area contributed by atoms with Crippen LogP contribution < -0.4 is 15.8 Å². The maximum absolute atomic E-state index is 10.9. The van der Waals surface area contributed by atoms with Gasteiger partial charge in [0.2, 0.25) is 5.91 Å². The van der Waals surface area contributed by atoms with Crippen molar-refractivity contribution in [3.05, 3.63) is 53.1 Å². The van der Waals surface area contributed by atoms with Crippen molar-refractivity contribution in [3.8, 4) is 5.75 Å². The molecule has 0 spiro atoms. The molecule has 5 heteroatoms. The molecule has 0 aromatic heterocycles. The Morgan fingerprint density at radius 2 is 1.95 bits per heavy atom. The molecule has 0 unspecified atom stereocenters. The number of anilines is 2. The van der Waals surface area contributed by atoms with Gasteiger partial charge in [0.25, 0.3) is 0 Å². The average Bonchev–Trinajstić information content (AvgIpc) is 2.36. The van der Waals surface area contributed by atoms with Gasteiger partial charge in [0, 0.05) is 29.4 Å². The number of ether oxygens (including phenoxy) is 1. The van der Waals surface area contributed by atoms with E-state index in [1.807, 2.05) is 24.3 Å². The molecule has 0 aliphatic carbocycles. The highest BCUT2D eigenvalue weighted by Gasteiger charge is 2.00. The lowest BCUT2D eigenvalue weighted by Gasteiger charge is -2.08. The van der Waals surface area contributed by atoms with Crippen molar-refractivity contribution in [3.63, 3.8) is 0 Å². The molecule has 0 aliphatic heterocycles. The first kappa shape index (κ1) is 14.2. The standard InChI is InChI=1S/C15H15ClN2O2/c1-10(19)18-14-4-2-11(3-5-14)9-20-15-7-12(16)6-13(17)8-15/h2-8H,9,17H2,1H3,(H,18,19). The van der Waals surface area contributed by atoms with Crippen molar-refractivity contribution < 1.29 is 9.53 Å². The number of hydrogen-bond donors (Lipinski definition) is 2. The Balaban J connectivity index is 1.98. The molecule has 0 radical (unpaired) electrons. The quantitative estimate of drug-likeness (QED) is 0.848. The van der Waals surface area contributed by atoms with Crippen LogP contribution in [0.2, 0.25) is 5.02 Å². The van der Waals surface area contributed by atoms with Crippen molar-refractivity contribution >= 4 is 28.9 Å². The van der Waals surface area contributed by atoms with Gasteiger partial charge in [-0.1, -0.05) is 23.7 Å². The molecule has 0 heterocycles. The molecule has 20 heavy (non-hydrogen) atoms. The number of nitrogens with one attached hydrogen (secondary N) is 1. The van der Waals surface area contributed by atoms with Gasteiger partial charge in [-0.05, 0) is 29.8 Å². The third-order valence-electron chi connectivity index (χ3n) is 2.57. The SMILES string of the molecule is CC(=O)Nc1ccc(COc2cc(N)cc(Cl)c2)cc1. The van der Waals surface area contributed by atoms with Crippen molar-refractivity contribution in [2.75, 3.05) is 11.1 Å². The van der Waals surface area contributed by atoms with Crippen molar-refractivity contribution in [1.82, 2.24) is 0 Å². The monoisotopic (exact) mass is 290 g/mol. The van der Waals surface area contributed by atoms with E-state index in [1.165, 1.54) is 6.92 Å². The number of hydrogen-bond acceptors (Lipinski definition) is 3. The summed E-state index contributed by atoms with van der Waals surface area (Å²) in [5.41, 5.74) is 7.99. The summed E-state index contributed by atoms with van der Waals surface area (Å²) in [6, 6.07) is 12.5. The van der Waals surface area contributed by atoms with Gasteiger partial charge in [-0.2, -0.15) is 0 Å². The summed E-state index contributed by atoms with van der Waals surface area (Å²) in [6.45, 7) is 1.88. The molecule has 2 aromatic carbocycles. The second-order valence-corrected chi connectivity index (χ2v) is 4.82. The maximum Gasteiger partial charge on any atom is 0.221 e. The van der Waals surface area contributed by atoms with Crippen LogP contribution in [-0.4, -0.2) is 5.91 Å². The number of carbonyl (C=O) groups is 1. The fraction of sp³-hybridized carbons (Fsp3) is 0.133. The van der Waals surface area contributed by atoms with Gasteiger partial charge in [0.15, 0.2) is 0 Å². The lowest BCUT2D eigenvalue weighted by Crippen LogP contribution is -2.05. The summed E-state index contributed by atoms with van der Waals surface area (Å²) in [5, 5.41) is 3.25. The summed E-state index contributed by atoms with van der Waals surface area (Å²) in [5.74, 6) is 0.532. The molecule has 2 rings (SSSR count). The van der Waals surface area contributed by atoms with E-state index < -0.39 is 0 Å². The van der Waals surface area contributed by atoms with E-state index in [-0.39, 0.29) is 5.91 Å². The lowest BCUT2D eigenvalue weighted by atomic mass is 10.2. The van der Waals surface area contributed by atoms with Gasteiger partial charge in [0.05, 0.1) is 0 Å². The second kappa shape index (κ2) is 6.30. The molecular formula is C15H15ClN2O2. The Morgan fingerprint density at radius 1 is 1.25 bits per heavy atom. The Morgan fingerprint density at radius 3 is 2.55 bits per heavy atom. The van der Waals surface area contributed by atoms with E-state index in [4.69, 9.17) is 22.1 Å². The third kappa shape index (κ3) is 4.17. The van der Waals surface area contributed by atoms with Gasteiger partial charge in [-0.15, -0.1) is 0 Å².